The number of thiazole rings is 1. The average Bonchev–Trinajstić information content (AvgIpc) is 3.27. The number of fused-ring (bicyclic) bond motifs is 1. The fourth-order valence-electron chi connectivity index (χ4n) is 3.63. The molecule has 0 bridgehead atoms. The first-order valence-corrected chi connectivity index (χ1v) is 10.6. The zero-order chi connectivity index (χ0) is 21.5. The van der Waals surface area contributed by atoms with Gasteiger partial charge < -0.3 is 9.64 Å². The maximum atomic E-state index is 12.5. The van der Waals surface area contributed by atoms with E-state index in [9.17, 15) is 9.59 Å². The minimum Gasteiger partial charge on any atom is -0.494 e. The number of nitrogens with one attached hydrogen (secondary N) is 1. The molecule has 0 aliphatic carbocycles. The van der Waals surface area contributed by atoms with Crippen LogP contribution < -0.4 is 15.0 Å². The quantitative estimate of drug-likeness (QED) is 0.647. The molecule has 0 saturated heterocycles. The molecule has 0 saturated carbocycles. The van der Waals surface area contributed by atoms with Crippen molar-refractivity contribution in [1.29, 1.82) is 0 Å². The zero-order valence-electron chi connectivity index (χ0n) is 17.4. The molecule has 1 aromatic heterocycles. The summed E-state index contributed by atoms with van der Waals surface area (Å²) in [7, 11) is 1.80. The average molecular weight is 422 g/mol. The van der Waals surface area contributed by atoms with Crippen LogP contribution in [0.15, 0.2) is 47.8 Å². The van der Waals surface area contributed by atoms with Crippen LogP contribution >= 0.6 is 11.3 Å². The van der Waals surface area contributed by atoms with Crippen LogP contribution in [0.1, 0.15) is 36.7 Å². The van der Waals surface area contributed by atoms with Crippen molar-refractivity contribution < 1.29 is 14.3 Å². The molecule has 154 valence electrons. The van der Waals surface area contributed by atoms with E-state index in [1.807, 2.05) is 44.4 Å². The Bertz CT molecular complexity index is 1120. The Morgan fingerprint density at radius 2 is 1.93 bits per heavy atom. The largest absolute Gasteiger partial charge is 0.494 e. The maximum Gasteiger partial charge on any atom is 0.257 e. The van der Waals surface area contributed by atoms with Crippen LogP contribution in [0.25, 0.3) is 11.3 Å². The summed E-state index contributed by atoms with van der Waals surface area (Å²) >= 11 is 1.37. The van der Waals surface area contributed by atoms with Crippen LogP contribution in [0.5, 0.6) is 5.75 Å². The van der Waals surface area contributed by atoms with E-state index in [1.54, 1.807) is 36.2 Å². The Labute approximate surface area is 179 Å². The Morgan fingerprint density at radius 3 is 2.63 bits per heavy atom. The topological polar surface area (TPSA) is 71.5 Å². The molecule has 0 fully saturated rings. The van der Waals surface area contributed by atoms with Gasteiger partial charge in [-0.05, 0) is 62.7 Å². The van der Waals surface area contributed by atoms with Crippen LogP contribution in [0.3, 0.4) is 0 Å². The third-order valence-electron chi connectivity index (χ3n) is 5.32. The molecule has 4 rings (SSSR count). The summed E-state index contributed by atoms with van der Waals surface area (Å²) in [5, 5.41) is 5.28. The van der Waals surface area contributed by atoms with Gasteiger partial charge in [0.05, 0.1) is 17.7 Å². The normalized spacial score (nSPS) is 14.5. The third kappa shape index (κ3) is 3.45. The van der Waals surface area contributed by atoms with E-state index < -0.39 is 5.41 Å². The molecule has 1 aliphatic heterocycles. The Kier molecular flexibility index (Phi) is 5.07. The van der Waals surface area contributed by atoms with Gasteiger partial charge in [-0.25, -0.2) is 4.98 Å². The highest BCUT2D eigenvalue weighted by Crippen LogP contribution is 2.42. The molecule has 0 spiro atoms. The van der Waals surface area contributed by atoms with Crippen LogP contribution in [0.4, 0.5) is 10.8 Å². The molecule has 30 heavy (non-hydrogen) atoms. The van der Waals surface area contributed by atoms with Crippen LogP contribution in [-0.2, 0) is 10.2 Å². The van der Waals surface area contributed by atoms with Crippen LogP contribution in [-0.4, -0.2) is 30.5 Å². The van der Waals surface area contributed by atoms with Crippen molar-refractivity contribution in [1.82, 2.24) is 4.98 Å². The lowest BCUT2D eigenvalue weighted by molar-refractivity contribution is -0.121. The molecule has 3 aromatic rings. The predicted molar refractivity (Wildman–Crippen MR) is 120 cm³/mol. The minimum atomic E-state index is -0.569. The van der Waals surface area contributed by atoms with Crippen molar-refractivity contribution in [3.05, 3.63) is 59.0 Å². The molecule has 0 unspecified atom stereocenters. The van der Waals surface area contributed by atoms with Crippen LogP contribution in [0, 0.1) is 0 Å². The van der Waals surface area contributed by atoms with Gasteiger partial charge in [0.1, 0.15) is 5.75 Å². The summed E-state index contributed by atoms with van der Waals surface area (Å²) < 4.78 is 5.40. The number of carbonyl (C=O) groups is 2. The van der Waals surface area contributed by atoms with E-state index in [-0.39, 0.29) is 11.8 Å². The molecule has 6 nitrogen and oxygen atoms in total. The first-order chi connectivity index (χ1) is 14.3. The number of amides is 2. The fourth-order valence-corrected chi connectivity index (χ4v) is 4.35. The van der Waals surface area contributed by atoms with E-state index >= 15 is 0 Å². The van der Waals surface area contributed by atoms with Crippen LogP contribution in [0.2, 0.25) is 0 Å². The summed E-state index contributed by atoms with van der Waals surface area (Å²) in [6, 6.07) is 12.9. The smallest absolute Gasteiger partial charge is 0.257 e. The lowest BCUT2D eigenvalue weighted by atomic mass is 9.85. The highest BCUT2D eigenvalue weighted by atomic mass is 32.1. The highest BCUT2D eigenvalue weighted by Gasteiger charge is 2.42. The van der Waals surface area contributed by atoms with Gasteiger partial charge in [-0.2, -0.15) is 0 Å². The van der Waals surface area contributed by atoms with Crippen molar-refractivity contribution in [2.24, 2.45) is 0 Å². The summed E-state index contributed by atoms with van der Waals surface area (Å²) in [4.78, 5) is 31.3. The van der Waals surface area contributed by atoms with E-state index in [0.29, 0.717) is 17.3 Å². The maximum absolute atomic E-state index is 12.5. The molecule has 1 aliphatic rings. The molecule has 0 atom stereocenters. The third-order valence-corrected chi connectivity index (χ3v) is 6.08. The van der Waals surface area contributed by atoms with Gasteiger partial charge >= 0.3 is 0 Å². The molecular weight excluding hydrogens is 398 g/mol. The number of anilines is 2. The fraction of sp³-hybridized carbons (Fsp3) is 0.261. The molecule has 2 heterocycles. The van der Waals surface area contributed by atoms with E-state index in [2.05, 4.69) is 10.3 Å². The van der Waals surface area contributed by atoms with Gasteiger partial charge in [0.15, 0.2) is 5.13 Å². The standard InChI is InChI=1S/C23H23N3O3S/c1-5-29-16-9-6-14(7-10-16)20(27)25-22-24-18(13-30-22)15-8-11-19-17(12-15)23(2,3)21(28)26(19)4/h6-13H,5H2,1-4H3,(H,24,25,27). The van der Waals surface area contributed by atoms with Gasteiger partial charge in [-0.15, -0.1) is 11.3 Å². The van der Waals surface area contributed by atoms with Crippen molar-refractivity contribution in [3.8, 4) is 17.0 Å². The highest BCUT2D eigenvalue weighted by molar-refractivity contribution is 7.14. The van der Waals surface area contributed by atoms with Gasteiger partial charge in [-0.3, -0.25) is 14.9 Å². The summed E-state index contributed by atoms with van der Waals surface area (Å²) in [6.07, 6.45) is 0. The van der Waals surface area contributed by atoms with Gasteiger partial charge in [0.2, 0.25) is 5.91 Å². The number of hydrogen-bond donors (Lipinski definition) is 1. The number of aromatic nitrogens is 1. The lowest BCUT2D eigenvalue weighted by Gasteiger charge is -2.16. The number of rotatable bonds is 5. The SMILES string of the molecule is CCOc1ccc(C(=O)Nc2nc(-c3ccc4c(c3)C(C)(C)C(=O)N4C)cs2)cc1. The monoisotopic (exact) mass is 421 g/mol. The van der Waals surface area contributed by atoms with Gasteiger partial charge in [-0.1, -0.05) is 6.07 Å². The van der Waals surface area contributed by atoms with Crippen molar-refractivity contribution in [2.45, 2.75) is 26.2 Å². The van der Waals surface area contributed by atoms with E-state index in [4.69, 9.17) is 4.74 Å². The van der Waals surface area contributed by atoms with Gasteiger partial charge in [0, 0.05) is 29.2 Å². The molecule has 7 heteroatoms. The number of carbonyl (C=O) groups excluding carboxylic acids is 2. The number of nitrogens with zero attached hydrogens (tertiary/aromatic N) is 2. The molecule has 2 amide bonds. The first-order valence-electron chi connectivity index (χ1n) is 9.74. The zero-order valence-corrected chi connectivity index (χ0v) is 18.2. The number of benzene rings is 2. The second-order valence-corrected chi connectivity index (χ2v) is 8.53. The number of likely N-dealkylation sites (N-methyl/N-ethyl adjacent to an activating group) is 1. The van der Waals surface area contributed by atoms with Crippen molar-refractivity contribution in [2.75, 3.05) is 23.9 Å². The van der Waals surface area contributed by atoms with E-state index in [0.717, 1.165) is 28.3 Å². The number of ether oxygens (including phenoxy) is 1. The molecule has 0 radical (unpaired) electrons. The van der Waals surface area contributed by atoms with Crippen molar-refractivity contribution in [3.63, 3.8) is 0 Å². The van der Waals surface area contributed by atoms with Crippen molar-refractivity contribution >= 4 is 34.0 Å². The lowest BCUT2D eigenvalue weighted by Crippen LogP contribution is -2.33. The van der Waals surface area contributed by atoms with E-state index in [1.165, 1.54) is 11.3 Å². The second-order valence-electron chi connectivity index (χ2n) is 7.67. The molecular formula is C23H23N3O3S. The summed E-state index contributed by atoms with van der Waals surface area (Å²) in [5.74, 6) is 0.590. The Morgan fingerprint density at radius 1 is 1.20 bits per heavy atom. The Balaban J connectivity index is 1.53. The predicted octanol–water partition coefficient (Wildman–Crippen LogP) is 4.72. The Hall–Kier alpha value is -3.19. The molecule has 2 aromatic carbocycles. The second kappa shape index (κ2) is 7.57. The first kappa shape index (κ1) is 20.1. The summed E-state index contributed by atoms with van der Waals surface area (Å²) in [5.41, 5.74) is 3.57. The number of hydrogen-bond acceptors (Lipinski definition) is 5. The summed E-state index contributed by atoms with van der Waals surface area (Å²) in [6.45, 7) is 6.37. The van der Waals surface area contributed by atoms with Gasteiger partial charge in [0.25, 0.3) is 5.91 Å². The minimum absolute atomic E-state index is 0.0798. The molecule has 1 N–H and O–H groups in total.